The Labute approximate surface area is 141 Å². The molecule has 1 N–H and O–H groups in total. The van der Waals surface area contributed by atoms with Crippen molar-refractivity contribution in [1.82, 2.24) is 4.98 Å². The largest absolute Gasteiger partial charge is 0.462 e. The number of anilines is 1. The van der Waals surface area contributed by atoms with Crippen LogP contribution in [0.15, 0.2) is 60.6 Å². The highest BCUT2D eigenvalue weighted by Gasteiger charge is 2.15. The summed E-state index contributed by atoms with van der Waals surface area (Å²) in [5.74, 6) is -0.948. The third-order valence-corrected chi connectivity index (χ3v) is 3.30. The molecule has 0 fully saturated rings. The molecule has 0 bridgehead atoms. The number of hydrogen-bond donors (Lipinski definition) is 1. The maximum atomic E-state index is 11.9. The second-order valence-corrected chi connectivity index (χ2v) is 5.21. The number of nitrogens with zero attached hydrogens (tertiary/aromatic N) is 1. The van der Waals surface area contributed by atoms with E-state index in [1.165, 1.54) is 13.1 Å². The van der Waals surface area contributed by atoms with Gasteiger partial charge in [-0.15, -0.1) is 0 Å². The number of aromatic nitrogens is 1. The Morgan fingerprint density at radius 3 is 2.58 bits per heavy atom. The molecule has 5 heteroatoms. The molecule has 1 aromatic carbocycles. The fourth-order valence-corrected chi connectivity index (χ4v) is 2.07. The van der Waals surface area contributed by atoms with E-state index >= 15 is 0 Å². The van der Waals surface area contributed by atoms with Crippen LogP contribution in [0.1, 0.15) is 20.3 Å². The molecule has 0 saturated carbocycles. The van der Waals surface area contributed by atoms with E-state index in [1.54, 1.807) is 12.4 Å². The predicted molar refractivity (Wildman–Crippen MR) is 93.3 cm³/mol. The van der Waals surface area contributed by atoms with E-state index in [4.69, 9.17) is 4.74 Å². The highest BCUT2D eigenvalue weighted by molar-refractivity contribution is 6.16. The van der Waals surface area contributed by atoms with Crippen LogP contribution in [-0.2, 0) is 14.3 Å². The van der Waals surface area contributed by atoms with Crippen molar-refractivity contribution in [1.29, 1.82) is 0 Å². The Morgan fingerprint density at radius 1 is 1.17 bits per heavy atom. The molecule has 0 atom stereocenters. The highest BCUT2D eigenvalue weighted by Crippen LogP contribution is 2.22. The quantitative estimate of drug-likeness (QED) is 0.365. The zero-order chi connectivity index (χ0) is 17.4. The second-order valence-electron chi connectivity index (χ2n) is 5.21. The second kappa shape index (κ2) is 8.62. The minimum atomic E-state index is -0.609. The molecule has 2 aromatic rings. The van der Waals surface area contributed by atoms with Crippen LogP contribution >= 0.6 is 0 Å². The number of carbonyl (C=O) groups is 2. The summed E-state index contributed by atoms with van der Waals surface area (Å²) in [6.07, 6.45) is 5.56. The molecule has 0 radical (unpaired) electrons. The average Bonchev–Trinajstić information content (AvgIpc) is 2.61. The summed E-state index contributed by atoms with van der Waals surface area (Å²) in [4.78, 5) is 27.5. The van der Waals surface area contributed by atoms with Gasteiger partial charge in [-0.05, 0) is 48.7 Å². The van der Waals surface area contributed by atoms with Gasteiger partial charge in [0.25, 0.3) is 0 Å². The zero-order valence-corrected chi connectivity index (χ0v) is 13.8. The van der Waals surface area contributed by atoms with E-state index in [1.807, 2.05) is 43.3 Å². The molecule has 0 aliphatic carbocycles. The zero-order valence-electron chi connectivity index (χ0n) is 13.8. The van der Waals surface area contributed by atoms with Crippen molar-refractivity contribution in [3.8, 4) is 11.1 Å². The molecule has 0 aliphatic heterocycles. The van der Waals surface area contributed by atoms with Crippen molar-refractivity contribution in [3.05, 3.63) is 60.6 Å². The summed E-state index contributed by atoms with van der Waals surface area (Å²) in [5.41, 5.74) is 2.81. The summed E-state index contributed by atoms with van der Waals surface area (Å²) in [6, 6.07) is 11.5. The third-order valence-electron chi connectivity index (χ3n) is 3.30. The van der Waals surface area contributed by atoms with Gasteiger partial charge >= 0.3 is 5.97 Å². The molecule has 0 unspecified atom stereocenters. The highest BCUT2D eigenvalue weighted by atomic mass is 16.5. The number of esters is 1. The average molecular weight is 324 g/mol. The van der Waals surface area contributed by atoms with Gasteiger partial charge in [-0.2, -0.15) is 0 Å². The van der Waals surface area contributed by atoms with Crippen molar-refractivity contribution in [2.45, 2.75) is 20.3 Å². The van der Waals surface area contributed by atoms with Crippen LogP contribution in [0.2, 0.25) is 0 Å². The van der Waals surface area contributed by atoms with Gasteiger partial charge in [0, 0.05) is 24.3 Å². The van der Waals surface area contributed by atoms with Crippen LogP contribution < -0.4 is 5.32 Å². The number of Topliss-reactive ketones (excluding diaryl/α,β-unsaturated/α-hetero) is 1. The number of carbonyl (C=O) groups excluding carboxylic acids is 2. The van der Waals surface area contributed by atoms with E-state index in [0.29, 0.717) is 13.0 Å². The Kier molecular flexibility index (Phi) is 6.25. The number of benzene rings is 1. The third kappa shape index (κ3) is 4.78. The van der Waals surface area contributed by atoms with E-state index in [-0.39, 0.29) is 11.4 Å². The topological polar surface area (TPSA) is 68.3 Å². The van der Waals surface area contributed by atoms with Crippen molar-refractivity contribution < 1.29 is 14.3 Å². The van der Waals surface area contributed by atoms with Crippen molar-refractivity contribution in [2.75, 3.05) is 11.9 Å². The van der Waals surface area contributed by atoms with Crippen LogP contribution in [0.5, 0.6) is 0 Å². The number of ether oxygens (including phenoxy) is 1. The van der Waals surface area contributed by atoms with Crippen molar-refractivity contribution in [3.63, 3.8) is 0 Å². The molecule has 1 heterocycles. The van der Waals surface area contributed by atoms with Crippen LogP contribution in [0.25, 0.3) is 11.1 Å². The molecule has 1 aromatic heterocycles. The SMILES string of the molecule is CCCOC(=O)/C(=C\Nc1cccc(-c2ccncc2)c1)C(C)=O. The van der Waals surface area contributed by atoms with Gasteiger partial charge in [-0.3, -0.25) is 9.78 Å². The molecule has 0 aliphatic rings. The van der Waals surface area contributed by atoms with Crippen LogP contribution in [0.4, 0.5) is 5.69 Å². The molecule has 0 spiro atoms. The van der Waals surface area contributed by atoms with Crippen LogP contribution in [-0.4, -0.2) is 23.3 Å². The first-order valence-electron chi connectivity index (χ1n) is 7.77. The summed E-state index contributed by atoms with van der Waals surface area (Å²) < 4.78 is 5.02. The van der Waals surface area contributed by atoms with Crippen molar-refractivity contribution in [2.24, 2.45) is 0 Å². The Morgan fingerprint density at radius 2 is 1.92 bits per heavy atom. The van der Waals surface area contributed by atoms with Gasteiger partial charge in [0.15, 0.2) is 5.78 Å². The first kappa shape index (κ1) is 17.4. The van der Waals surface area contributed by atoms with Gasteiger partial charge in [0.05, 0.1) is 6.61 Å². The lowest BCUT2D eigenvalue weighted by Crippen LogP contribution is -2.15. The van der Waals surface area contributed by atoms with Crippen LogP contribution in [0, 0.1) is 0 Å². The van der Waals surface area contributed by atoms with E-state index in [0.717, 1.165) is 16.8 Å². The number of nitrogens with one attached hydrogen (secondary N) is 1. The lowest BCUT2D eigenvalue weighted by molar-refractivity contribution is -0.140. The molecule has 0 saturated heterocycles. The number of pyridine rings is 1. The fourth-order valence-electron chi connectivity index (χ4n) is 2.07. The number of rotatable bonds is 7. The van der Waals surface area contributed by atoms with E-state index in [9.17, 15) is 9.59 Å². The number of hydrogen-bond acceptors (Lipinski definition) is 5. The monoisotopic (exact) mass is 324 g/mol. The van der Waals surface area contributed by atoms with Gasteiger partial charge in [-0.25, -0.2) is 4.79 Å². The first-order chi connectivity index (χ1) is 11.6. The molecule has 2 rings (SSSR count). The van der Waals surface area contributed by atoms with E-state index < -0.39 is 5.97 Å². The van der Waals surface area contributed by atoms with Gasteiger partial charge in [0.1, 0.15) is 5.57 Å². The number of ketones is 1. The summed E-state index contributed by atoms with van der Waals surface area (Å²) in [6.45, 7) is 3.53. The molecular formula is C19H20N2O3. The van der Waals surface area contributed by atoms with Gasteiger partial charge < -0.3 is 10.1 Å². The lowest BCUT2D eigenvalue weighted by atomic mass is 10.1. The smallest absolute Gasteiger partial charge is 0.343 e. The molecule has 0 amide bonds. The lowest BCUT2D eigenvalue weighted by Gasteiger charge is -2.08. The maximum absolute atomic E-state index is 11.9. The standard InChI is InChI=1S/C19H20N2O3/c1-3-11-24-19(23)18(14(2)22)13-21-17-6-4-5-16(12-17)15-7-9-20-10-8-15/h4-10,12-13,21H,3,11H2,1-2H3/b18-13-. The minimum Gasteiger partial charge on any atom is -0.462 e. The summed E-state index contributed by atoms with van der Waals surface area (Å²) in [5, 5.41) is 2.99. The first-order valence-corrected chi connectivity index (χ1v) is 7.77. The Balaban J connectivity index is 2.17. The van der Waals surface area contributed by atoms with Gasteiger partial charge in [0.2, 0.25) is 0 Å². The summed E-state index contributed by atoms with van der Waals surface area (Å²) >= 11 is 0. The molecule has 24 heavy (non-hydrogen) atoms. The normalized spacial score (nSPS) is 11.0. The van der Waals surface area contributed by atoms with E-state index in [2.05, 4.69) is 10.3 Å². The molecule has 124 valence electrons. The molecular weight excluding hydrogens is 304 g/mol. The summed E-state index contributed by atoms with van der Waals surface area (Å²) in [7, 11) is 0. The van der Waals surface area contributed by atoms with Crippen LogP contribution in [0.3, 0.4) is 0 Å². The fraction of sp³-hybridized carbons (Fsp3) is 0.211. The maximum Gasteiger partial charge on any atom is 0.343 e. The minimum absolute atomic E-state index is 0.00207. The Hall–Kier alpha value is -2.95. The Bertz CT molecular complexity index is 739. The van der Waals surface area contributed by atoms with Crippen molar-refractivity contribution >= 4 is 17.4 Å². The molecule has 5 nitrogen and oxygen atoms in total. The predicted octanol–water partition coefficient (Wildman–Crippen LogP) is 3.59. The van der Waals surface area contributed by atoms with Gasteiger partial charge in [-0.1, -0.05) is 19.1 Å².